The lowest BCUT2D eigenvalue weighted by Crippen LogP contribution is -2.40. The van der Waals surface area contributed by atoms with Gasteiger partial charge < -0.3 is 15.3 Å². The summed E-state index contributed by atoms with van der Waals surface area (Å²) in [5.41, 5.74) is 0.939. The van der Waals surface area contributed by atoms with Crippen LogP contribution in [-0.4, -0.2) is 65.2 Å². The zero-order chi connectivity index (χ0) is 24.0. The van der Waals surface area contributed by atoms with E-state index in [0.717, 1.165) is 54.5 Å². The van der Waals surface area contributed by atoms with E-state index >= 15 is 0 Å². The van der Waals surface area contributed by atoms with Crippen LogP contribution >= 0.6 is 34.8 Å². The van der Waals surface area contributed by atoms with E-state index in [2.05, 4.69) is 36.2 Å². The Morgan fingerprint density at radius 2 is 2.06 bits per heavy atom. The first-order valence-electron chi connectivity index (χ1n) is 12.1. The molecule has 1 saturated heterocycles. The number of rotatable bonds is 10. The number of halogens is 3. The Morgan fingerprint density at radius 1 is 1.27 bits per heavy atom. The molecule has 1 heterocycles. The maximum Gasteiger partial charge on any atom is 0.222 e. The van der Waals surface area contributed by atoms with Crippen LogP contribution in [0, 0.1) is 5.92 Å². The smallest absolute Gasteiger partial charge is 0.222 e. The number of carbonyl (C=O) groups excluding carboxylic acids is 1. The van der Waals surface area contributed by atoms with Gasteiger partial charge >= 0.3 is 0 Å². The van der Waals surface area contributed by atoms with Crippen molar-refractivity contribution in [2.75, 3.05) is 26.2 Å². The summed E-state index contributed by atoms with van der Waals surface area (Å²) < 4.78 is 0. The van der Waals surface area contributed by atoms with Gasteiger partial charge in [-0.25, -0.2) is 0 Å². The van der Waals surface area contributed by atoms with E-state index < -0.39 is 0 Å². The molecule has 33 heavy (non-hydrogen) atoms. The highest BCUT2D eigenvalue weighted by molar-refractivity contribution is 6.35. The third kappa shape index (κ3) is 7.50. The molecule has 4 unspecified atom stereocenters. The number of amides is 1. The summed E-state index contributed by atoms with van der Waals surface area (Å²) in [6.07, 6.45) is 12.5. The van der Waals surface area contributed by atoms with E-state index in [0.29, 0.717) is 31.0 Å². The average molecular weight is 517 g/mol. The van der Waals surface area contributed by atoms with Gasteiger partial charge in [-0.15, -0.1) is 0 Å². The van der Waals surface area contributed by atoms with Crippen LogP contribution in [-0.2, 0) is 4.79 Å². The lowest BCUT2D eigenvalue weighted by Gasteiger charge is -2.34. The van der Waals surface area contributed by atoms with Crippen molar-refractivity contribution in [3.8, 4) is 0 Å². The fourth-order valence-electron chi connectivity index (χ4n) is 4.77. The van der Waals surface area contributed by atoms with Crippen LogP contribution in [0.25, 0.3) is 0 Å². The Kier molecular flexibility index (Phi) is 10.2. The summed E-state index contributed by atoms with van der Waals surface area (Å²) in [7, 11) is 0. The van der Waals surface area contributed by atoms with E-state index in [4.69, 9.17) is 34.8 Å². The fraction of sp³-hybridized carbons (Fsp3) is 0.640. The number of hydrogen-bond acceptors (Lipinski definition) is 4. The maximum absolute atomic E-state index is 12.4. The second-order valence-corrected chi connectivity index (χ2v) is 10.5. The molecular weight excluding hydrogens is 481 g/mol. The number of likely N-dealkylation sites (tertiary alicyclic amines) is 1. The molecule has 0 saturated carbocycles. The second kappa shape index (κ2) is 12.6. The third-order valence-corrected chi connectivity index (χ3v) is 7.68. The van der Waals surface area contributed by atoms with Crippen LogP contribution in [0.5, 0.6) is 0 Å². The van der Waals surface area contributed by atoms with Crippen LogP contribution < -0.4 is 5.32 Å². The molecular formula is C25H36Cl3N3O2. The first-order chi connectivity index (χ1) is 15.8. The Labute approximate surface area is 213 Å². The summed E-state index contributed by atoms with van der Waals surface area (Å²) in [6, 6.07) is 0.340. The maximum atomic E-state index is 12.4. The van der Waals surface area contributed by atoms with Gasteiger partial charge in [0.05, 0.1) is 16.8 Å². The van der Waals surface area contributed by atoms with Gasteiger partial charge in [-0.3, -0.25) is 9.69 Å². The van der Waals surface area contributed by atoms with Crippen LogP contribution in [0.15, 0.2) is 45.1 Å². The Bertz CT molecular complexity index is 824. The molecule has 2 N–H and O–H groups in total. The van der Waals surface area contributed by atoms with Crippen molar-refractivity contribution in [1.82, 2.24) is 15.1 Å². The SMILES string of the molecule is CCCN(CCCC(=O)N1CCC(O)C1)C1C=C(NC(C)C2CC=C(Cl)C=C2Cl)C(Cl)=CC1. The molecule has 4 atom stereocenters. The number of nitrogens with zero attached hydrogens (tertiary/aromatic N) is 2. The van der Waals surface area contributed by atoms with Gasteiger partial charge in [-0.05, 0) is 64.3 Å². The fourth-order valence-corrected chi connectivity index (χ4v) is 5.64. The van der Waals surface area contributed by atoms with Crippen molar-refractivity contribution in [2.45, 2.75) is 70.6 Å². The lowest BCUT2D eigenvalue weighted by atomic mass is 9.92. The summed E-state index contributed by atoms with van der Waals surface area (Å²) >= 11 is 19.1. The Balaban J connectivity index is 1.57. The minimum atomic E-state index is -0.366. The summed E-state index contributed by atoms with van der Waals surface area (Å²) in [5, 5.41) is 15.4. The molecule has 8 heteroatoms. The molecule has 5 nitrogen and oxygen atoms in total. The Hall–Kier alpha value is -0.980. The van der Waals surface area contributed by atoms with E-state index in [9.17, 15) is 9.90 Å². The number of aliphatic hydroxyl groups excluding tert-OH is 1. The average Bonchev–Trinajstić information content (AvgIpc) is 3.21. The van der Waals surface area contributed by atoms with E-state index in [1.165, 1.54) is 0 Å². The van der Waals surface area contributed by atoms with Crippen molar-refractivity contribution < 1.29 is 9.90 Å². The predicted octanol–water partition coefficient (Wildman–Crippen LogP) is 5.09. The quantitative estimate of drug-likeness (QED) is 0.424. The summed E-state index contributed by atoms with van der Waals surface area (Å²) in [5.74, 6) is 0.301. The van der Waals surface area contributed by atoms with Gasteiger partial charge in [0.25, 0.3) is 0 Å². The minimum absolute atomic E-state index is 0.106. The monoisotopic (exact) mass is 515 g/mol. The number of β-amino-alcohol motifs (C(OH)–C–C–N with tert-alkyl or cyclic N) is 1. The van der Waals surface area contributed by atoms with Crippen molar-refractivity contribution in [2.24, 2.45) is 5.92 Å². The normalized spacial score (nSPS) is 26.5. The second-order valence-electron chi connectivity index (χ2n) is 9.25. The molecule has 3 rings (SSSR count). The molecule has 0 aromatic rings. The molecule has 0 bridgehead atoms. The van der Waals surface area contributed by atoms with Crippen LogP contribution in [0.3, 0.4) is 0 Å². The molecule has 184 valence electrons. The van der Waals surface area contributed by atoms with Crippen LogP contribution in [0.4, 0.5) is 0 Å². The van der Waals surface area contributed by atoms with E-state index in [1.54, 1.807) is 4.90 Å². The number of nitrogens with one attached hydrogen (secondary N) is 1. The van der Waals surface area contributed by atoms with Crippen molar-refractivity contribution in [3.05, 3.63) is 45.1 Å². The number of hydrogen-bond donors (Lipinski definition) is 2. The highest BCUT2D eigenvalue weighted by atomic mass is 35.5. The van der Waals surface area contributed by atoms with E-state index in [1.807, 2.05) is 12.2 Å². The van der Waals surface area contributed by atoms with Crippen molar-refractivity contribution >= 4 is 40.7 Å². The molecule has 1 aliphatic heterocycles. The highest BCUT2D eigenvalue weighted by Gasteiger charge is 2.27. The summed E-state index contributed by atoms with van der Waals surface area (Å²) in [6.45, 7) is 7.26. The third-order valence-electron chi connectivity index (χ3n) is 6.67. The van der Waals surface area contributed by atoms with Crippen LogP contribution in [0.1, 0.15) is 52.4 Å². The largest absolute Gasteiger partial charge is 0.391 e. The zero-order valence-electron chi connectivity index (χ0n) is 19.6. The molecule has 0 radical (unpaired) electrons. The Morgan fingerprint density at radius 3 is 2.73 bits per heavy atom. The zero-order valence-corrected chi connectivity index (χ0v) is 21.8. The van der Waals surface area contributed by atoms with Gasteiger partial charge in [0.15, 0.2) is 0 Å². The topological polar surface area (TPSA) is 55.8 Å². The molecule has 1 fully saturated rings. The first kappa shape index (κ1) is 26.6. The van der Waals surface area contributed by atoms with E-state index in [-0.39, 0.29) is 30.0 Å². The van der Waals surface area contributed by atoms with Gasteiger partial charge in [-0.2, -0.15) is 0 Å². The molecule has 2 aliphatic carbocycles. The molecule has 0 aromatic carbocycles. The standard InChI is InChI=1S/C25H36Cl3N3O2/c1-3-11-30(12-4-5-25(33)31-13-10-20(32)16-31)19-7-9-22(27)24(15-19)29-17(2)21-8-6-18(26)14-23(21)28/h6,9,14-15,17,19-21,29,32H,3-5,7-8,10-13,16H2,1-2H3. The van der Waals surface area contributed by atoms with Gasteiger partial charge in [0.1, 0.15) is 0 Å². The van der Waals surface area contributed by atoms with Crippen LogP contribution in [0.2, 0.25) is 0 Å². The minimum Gasteiger partial charge on any atom is -0.391 e. The summed E-state index contributed by atoms with van der Waals surface area (Å²) in [4.78, 5) is 16.7. The predicted molar refractivity (Wildman–Crippen MR) is 137 cm³/mol. The number of aliphatic hydroxyl groups is 1. The van der Waals surface area contributed by atoms with Gasteiger partial charge in [-0.1, -0.05) is 53.9 Å². The number of allylic oxidation sites excluding steroid dienone is 4. The molecule has 0 aromatic heterocycles. The lowest BCUT2D eigenvalue weighted by molar-refractivity contribution is -0.130. The molecule has 3 aliphatic rings. The van der Waals surface area contributed by atoms with Gasteiger partial charge in [0.2, 0.25) is 5.91 Å². The number of carbonyl (C=O) groups is 1. The molecule has 0 spiro atoms. The molecule has 1 amide bonds. The highest BCUT2D eigenvalue weighted by Crippen LogP contribution is 2.32. The van der Waals surface area contributed by atoms with Crippen molar-refractivity contribution in [3.63, 3.8) is 0 Å². The van der Waals surface area contributed by atoms with Crippen molar-refractivity contribution in [1.29, 1.82) is 0 Å². The van der Waals surface area contributed by atoms with Gasteiger partial charge in [0, 0.05) is 47.6 Å². The first-order valence-corrected chi connectivity index (χ1v) is 13.2.